The molecule has 0 aromatic heterocycles. The number of carbonyl (C=O) groups is 2. The lowest BCUT2D eigenvalue weighted by Gasteiger charge is -2.33. The number of benzene rings is 1. The van der Waals surface area contributed by atoms with Crippen LogP contribution in [0.5, 0.6) is 5.75 Å². The number of rotatable bonds is 4. The lowest BCUT2D eigenvalue weighted by molar-refractivity contribution is -0.144. The molecule has 0 fully saturated rings. The molecule has 0 radical (unpaired) electrons. The van der Waals surface area contributed by atoms with Crippen molar-refractivity contribution < 1.29 is 19.1 Å². The van der Waals surface area contributed by atoms with E-state index in [4.69, 9.17) is 4.74 Å². The van der Waals surface area contributed by atoms with E-state index < -0.39 is 0 Å². The van der Waals surface area contributed by atoms with Crippen LogP contribution in [-0.2, 0) is 14.3 Å². The molecule has 0 saturated heterocycles. The van der Waals surface area contributed by atoms with E-state index in [0.29, 0.717) is 6.61 Å². The summed E-state index contributed by atoms with van der Waals surface area (Å²) in [4.78, 5) is 24.9. The number of hydrogen-bond donors (Lipinski definition) is 0. The molecule has 0 saturated carbocycles. The normalized spacial score (nSPS) is 16.8. The van der Waals surface area contributed by atoms with Crippen LogP contribution < -0.4 is 4.74 Å². The van der Waals surface area contributed by atoms with Crippen molar-refractivity contribution in [3.05, 3.63) is 29.8 Å². The van der Waals surface area contributed by atoms with Gasteiger partial charge < -0.3 is 14.4 Å². The molecule has 108 valence electrons. The molecule has 5 heteroatoms. The summed E-state index contributed by atoms with van der Waals surface area (Å²) in [6.07, 6.45) is 1.05. The van der Waals surface area contributed by atoms with Crippen LogP contribution in [0.15, 0.2) is 24.3 Å². The smallest absolute Gasteiger partial charge is 0.306 e. The summed E-state index contributed by atoms with van der Waals surface area (Å²) in [6.45, 7) is 0.594. The third-order valence-electron chi connectivity index (χ3n) is 3.56. The second-order valence-corrected chi connectivity index (χ2v) is 4.77. The van der Waals surface area contributed by atoms with Gasteiger partial charge >= 0.3 is 5.97 Å². The molecule has 0 bridgehead atoms. The van der Waals surface area contributed by atoms with Gasteiger partial charge in [-0.25, -0.2) is 0 Å². The maximum absolute atomic E-state index is 12.1. The molecule has 1 aliphatic rings. The van der Waals surface area contributed by atoms with Crippen molar-refractivity contribution in [1.82, 2.24) is 4.90 Å². The number of para-hydroxylation sites is 1. The van der Waals surface area contributed by atoms with Gasteiger partial charge in [0, 0.05) is 25.5 Å². The first-order valence-electron chi connectivity index (χ1n) is 6.67. The SMILES string of the molecule is COC(=O)CCC(=O)N(C)C1CCOc2ccccc21. The van der Waals surface area contributed by atoms with E-state index in [0.717, 1.165) is 17.7 Å². The molecule has 1 amide bonds. The van der Waals surface area contributed by atoms with Gasteiger partial charge in [-0.1, -0.05) is 18.2 Å². The predicted octanol–water partition coefficient (Wildman–Crippen LogP) is 1.92. The number of fused-ring (bicyclic) bond motifs is 1. The fraction of sp³-hybridized carbons (Fsp3) is 0.467. The van der Waals surface area contributed by atoms with Crippen molar-refractivity contribution in [2.24, 2.45) is 0 Å². The van der Waals surface area contributed by atoms with E-state index in [-0.39, 0.29) is 30.8 Å². The van der Waals surface area contributed by atoms with Gasteiger partial charge in [0.15, 0.2) is 0 Å². The van der Waals surface area contributed by atoms with Crippen LogP contribution in [0.4, 0.5) is 0 Å². The third kappa shape index (κ3) is 3.10. The molecular formula is C15H19NO4. The molecule has 1 unspecified atom stereocenters. The molecule has 0 aliphatic carbocycles. The van der Waals surface area contributed by atoms with Crippen molar-refractivity contribution in [3.63, 3.8) is 0 Å². The highest BCUT2D eigenvalue weighted by Gasteiger charge is 2.27. The number of esters is 1. The van der Waals surface area contributed by atoms with Crippen LogP contribution in [0.25, 0.3) is 0 Å². The third-order valence-corrected chi connectivity index (χ3v) is 3.56. The molecule has 5 nitrogen and oxygen atoms in total. The van der Waals surface area contributed by atoms with Crippen LogP contribution in [0.3, 0.4) is 0 Å². The Morgan fingerprint density at radius 3 is 2.85 bits per heavy atom. The van der Waals surface area contributed by atoms with Gasteiger partial charge in [0.1, 0.15) is 5.75 Å². The molecule has 1 atom stereocenters. The predicted molar refractivity (Wildman–Crippen MR) is 73.3 cm³/mol. The topological polar surface area (TPSA) is 55.8 Å². The van der Waals surface area contributed by atoms with Gasteiger partial charge in [0.2, 0.25) is 5.91 Å². The Hall–Kier alpha value is -2.04. The fourth-order valence-electron chi connectivity index (χ4n) is 2.39. The maximum Gasteiger partial charge on any atom is 0.306 e. The van der Waals surface area contributed by atoms with Crippen molar-refractivity contribution in [2.45, 2.75) is 25.3 Å². The number of hydrogen-bond acceptors (Lipinski definition) is 4. The maximum atomic E-state index is 12.1. The van der Waals surface area contributed by atoms with Crippen molar-refractivity contribution >= 4 is 11.9 Å². The largest absolute Gasteiger partial charge is 0.493 e. The van der Waals surface area contributed by atoms with Gasteiger partial charge in [-0.05, 0) is 6.07 Å². The first kappa shape index (κ1) is 14.4. The van der Waals surface area contributed by atoms with Crippen LogP contribution in [0, 0.1) is 0 Å². The number of ether oxygens (including phenoxy) is 2. The number of nitrogens with zero attached hydrogens (tertiary/aromatic N) is 1. The van der Waals surface area contributed by atoms with Crippen LogP contribution in [0.2, 0.25) is 0 Å². The minimum absolute atomic E-state index is 0.00472. The Balaban J connectivity index is 2.04. The molecule has 0 spiro atoms. The molecule has 1 aromatic rings. The summed E-state index contributed by atoms with van der Waals surface area (Å²) in [7, 11) is 3.09. The number of amides is 1. The molecular weight excluding hydrogens is 258 g/mol. The van der Waals surface area contributed by atoms with E-state index in [2.05, 4.69) is 4.74 Å². The van der Waals surface area contributed by atoms with Crippen LogP contribution in [0.1, 0.15) is 30.9 Å². The van der Waals surface area contributed by atoms with E-state index in [1.165, 1.54) is 7.11 Å². The first-order chi connectivity index (χ1) is 9.63. The average molecular weight is 277 g/mol. The minimum atomic E-state index is -0.362. The Labute approximate surface area is 118 Å². The number of methoxy groups -OCH3 is 1. The number of carbonyl (C=O) groups excluding carboxylic acids is 2. The lowest BCUT2D eigenvalue weighted by Crippen LogP contribution is -2.34. The molecule has 1 aromatic carbocycles. The van der Waals surface area contributed by atoms with Crippen molar-refractivity contribution in [2.75, 3.05) is 20.8 Å². The highest BCUT2D eigenvalue weighted by molar-refractivity contribution is 5.81. The summed E-state index contributed by atoms with van der Waals surface area (Å²) in [5.41, 5.74) is 1.02. The molecule has 1 heterocycles. The van der Waals surface area contributed by atoms with Gasteiger partial charge in [0.25, 0.3) is 0 Å². The van der Waals surface area contributed by atoms with Gasteiger partial charge in [-0.2, -0.15) is 0 Å². The molecule has 20 heavy (non-hydrogen) atoms. The Bertz CT molecular complexity index is 500. The first-order valence-corrected chi connectivity index (χ1v) is 6.67. The summed E-state index contributed by atoms with van der Waals surface area (Å²) < 4.78 is 10.1. The summed E-state index contributed by atoms with van der Waals surface area (Å²) in [5, 5.41) is 0. The van der Waals surface area contributed by atoms with E-state index in [1.54, 1.807) is 11.9 Å². The highest BCUT2D eigenvalue weighted by Crippen LogP contribution is 2.35. The van der Waals surface area contributed by atoms with Crippen LogP contribution >= 0.6 is 0 Å². The van der Waals surface area contributed by atoms with Crippen molar-refractivity contribution in [3.8, 4) is 5.75 Å². The molecule has 1 aliphatic heterocycles. The monoisotopic (exact) mass is 277 g/mol. The Kier molecular flexibility index (Phi) is 4.61. The summed E-state index contributed by atoms with van der Waals surface area (Å²) >= 11 is 0. The molecule has 2 rings (SSSR count). The Morgan fingerprint density at radius 1 is 1.35 bits per heavy atom. The highest BCUT2D eigenvalue weighted by atomic mass is 16.5. The molecule has 0 N–H and O–H groups in total. The standard InChI is InChI=1S/C15H19NO4/c1-16(14(17)7-8-15(18)19-2)12-9-10-20-13-6-4-3-5-11(12)13/h3-6,12H,7-10H2,1-2H3. The fourth-order valence-corrected chi connectivity index (χ4v) is 2.39. The second-order valence-electron chi connectivity index (χ2n) is 4.77. The van der Waals surface area contributed by atoms with Crippen molar-refractivity contribution in [1.29, 1.82) is 0 Å². The van der Waals surface area contributed by atoms with Gasteiger partial charge in [-0.15, -0.1) is 0 Å². The average Bonchev–Trinajstić information content (AvgIpc) is 2.50. The van der Waals surface area contributed by atoms with E-state index >= 15 is 0 Å². The van der Waals surface area contributed by atoms with E-state index in [9.17, 15) is 9.59 Å². The van der Waals surface area contributed by atoms with Crippen LogP contribution in [-0.4, -0.2) is 37.5 Å². The second kappa shape index (κ2) is 6.41. The minimum Gasteiger partial charge on any atom is -0.493 e. The van der Waals surface area contributed by atoms with Gasteiger partial charge in [-0.3, -0.25) is 9.59 Å². The zero-order valence-electron chi connectivity index (χ0n) is 11.8. The summed E-state index contributed by atoms with van der Waals surface area (Å²) in [5.74, 6) is 0.410. The zero-order chi connectivity index (χ0) is 14.5. The summed E-state index contributed by atoms with van der Waals surface area (Å²) in [6, 6.07) is 7.75. The van der Waals surface area contributed by atoms with Gasteiger partial charge in [0.05, 0.1) is 26.2 Å². The quantitative estimate of drug-likeness (QED) is 0.789. The lowest BCUT2D eigenvalue weighted by atomic mass is 9.99. The van der Waals surface area contributed by atoms with E-state index in [1.807, 2.05) is 24.3 Å². The zero-order valence-corrected chi connectivity index (χ0v) is 11.8. The Morgan fingerprint density at radius 2 is 2.10 bits per heavy atom.